The standard InChI is InChI=1S/C5H7.CH3.Mn/c1-2-4-5-3-1;;/h1H,2,4-5H2;1H3;. The minimum absolute atomic E-state index is 1.05. The molecule has 0 nitrogen and oxygen atoms in total. The monoisotopic (exact) mass is 137 g/mol. The molecule has 0 heterocycles. The van der Waals surface area contributed by atoms with E-state index in [1.54, 1.807) is 4.47 Å². The van der Waals surface area contributed by atoms with Gasteiger partial charge in [-0.05, 0) is 0 Å². The van der Waals surface area contributed by atoms with Gasteiger partial charge in [-0.25, -0.2) is 0 Å². The summed E-state index contributed by atoms with van der Waals surface area (Å²) in [6, 6.07) is 0. The maximum atomic E-state index is 2.39. The Kier molecular flexibility index (Phi) is 1.96. The van der Waals surface area contributed by atoms with Crippen LogP contribution in [0.2, 0.25) is 5.82 Å². The number of rotatable bonds is 1. The minimum atomic E-state index is 1.05. The zero-order valence-corrected chi connectivity index (χ0v) is 5.76. The summed E-state index contributed by atoms with van der Waals surface area (Å²) in [6.45, 7) is 0. The third kappa shape index (κ3) is 1.32. The molecule has 0 aromatic carbocycles. The van der Waals surface area contributed by atoms with Gasteiger partial charge in [0.05, 0.1) is 0 Å². The van der Waals surface area contributed by atoms with E-state index in [1.807, 2.05) is 0 Å². The Morgan fingerprint density at radius 1 is 1.71 bits per heavy atom. The molecule has 41 valence electrons. The van der Waals surface area contributed by atoms with Crippen molar-refractivity contribution < 1.29 is 15.0 Å². The summed E-state index contributed by atoms with van der Waals surface area (Å²) in [5, 5.41) is 0. The van der Waals surface area contributed by atoms with Gasteiger partial charge < -0.3 is 0 Å². The molecule has 0 radical (unpaired) electrons. The fourth-order valence-corrected chi connectivity index (χ4v) is 1.72. The van der Waals surface area contributed by atoms with E-state index in [-0.39, 0.29) is 0 Å². The summed E-state index contributed by atoms with van der Waals surface area (Å²) >= 11 is 1.05. The fourth-order valence-electron chi connectivity index (χ4n) is 0.803. The van der Waals surface area contributed by atoms with Gasteiger partial charge in [0.2, 0.25) is 0 Å². The van der Waals surface area contributed by atoms with Crippen LogP contribution in [0.15, 0.2) is 10.5 Å². The zero-order valence-electron chi connectivity index (χ0n) is 4.58. The van der Waals surface area contributed by atoms with E-state index in [0.29, 0.717) is 0 Å². The molecule has 0 N–H and O–H groups in total. The molecule has 0 amide bonds. The first-order valence-electron chi connectivity index (χ1n) is 2.62. The quantitative estimate of drug-likeness (QED) is 0.486. The van der Waals surface area contributed by atoms with E-state index in [4.69, 9.17) is 0 Å². The second-order valence-electron chi connectivity index (χ2n) is 1.73. The molecule has 1 aliphatic rings. The Bertz CT molecular complexity index is 84.2. The van der Waals surface area contributed by atoms with Gasteiger partial charge in [-0.3, -0.25) is 0 Å². The molecular weight excluding hydrogens is 127 g/mol. The molecule has 0 aromatic heterocycles. The summed E-state index contributed by atoms with van der Waals surface area (Å²) in [5.41, 5.74) is 0. The molecule has 0 saturated carbocycles. The summed E-state index contributed by atoms with van der Waals surface area (Å²) < 4.78 is 1.70. The first-order valence-corrected chi connectivity index (χ1v) is 4.39. The normalized spacial score (nSPS) is 19.9. The molecule has 7 heavy (non-hydrogen) atoms. The molecule has 1 aliphatic carbocycles. The van der Waals surface area contributed by atoms with Crippen molar-refractivity contribution >= 4 is 0 Å². The van der Waals surface area contributed by atoms with Gasteiger partial charge in [-0.15, -0.1) is 0 Å². The second kappa shape index (κ2) is 2.54. The molecule has 0 saturated heterocycles. The molecule has 1 heteroatoms. The Morgan fingerprint density at radius 2 is 2.57 bits per heavy atom. The molecule has 0 spiro atoms. The van der Waals surface area contributed by atoms with Crippen LogP contribution in [0.3, 0.4) is 0 Å². The molecule has 0 atom stereocenters. The van der Waals surface area contributed by atoms with E-state index in [0.717, 1.165) is 15.0 Å². The van der Waals surface area contributed by atoms with Crippen molar-refractivity contribution in [1.29, 1.82) is 0 Å². The molecule has 0 fully saturated rings. The summed E-state index contributed by atoms with van der Waals surface area (Å²) in [7, 11) is 0. The summed E-state index contributed by atoms with van der Waals surface area (Å²) in [6.07, 6.45) is 6.53. The Hall–Kier alpha value is 0.259. The van der Waals surface area contributed by atoms with Gasteiger partial charge >= 0.3 is 50.6 Å². The van der Waals surface area contributed by atoms with Crippen LogP contribution in [0.4, 0.5) is 0 Å². The van der Waals surface area contributed by atoms with Gasteiger partial charge in [0.1, 0.15) is 0 Å². The van der Waals surface area contributed by atoms with Gasteiger partial charge in [-0.2, -0.15) is 0 Å². The Labute approximate surface area is 51.1 Å². The van der Waals surface area contributed by atoms with Crippen LogP contribution in [-0.2, 0) is 15.0 Å². The molecule has 0 bridgehead atoms. The van der Waals surface area contributed by atoms with E-state index < -0.39 is 0 Å². The first kappa shape index (κ1) is 5.40. The van der Waals surface area contributed by atoms with E-state index in [1.165, 1.54) is 19.3 Å². The number of hydrogen-bond donors (Lipinski definition) is 0. The van der Waals surface area contributed by atoms with E-state index in [2.05, 4.69) is 11.9 Å². The topological polar surface area (TPSA) is 0 Å². The van der Waals surface area contributed by atoms with Crippen molar-refractivity contribution in [2.24, 2.45) is 0 Å². The SMILES string of the molecule is [CH3][Mn][C]1=CCCC1. The zero-order chi connectivity index (χ0) is 5.11. The van der Waals surface area contributed by atoms with E-state index in [9.17, 15) is 0 Å². The van der Waals surface area contributed by atoms with Crippen LogP contribution >= 0.6 is 0 Å². The van der Waals surface area contributed by atoms with Crippen LogP contribution in [0.5, 0.6) is 0 Å². The molecule has 0 aliphatic heterocycles. The van der Waals surface area contributed by atoms with Crippen LogP contribution in [-0.4, -0.2) is 0 Å². The molecular formula is C6H10Mn. The van der Waals surface area contributed by atoms with Crippen molar-refractivity contribution in [1.82, 2.24) is 0 Å². The van der Waals surface area contributed by atoms with Crippen molar-refractivity contribution in [3.05, 3.63) is 10.5 Å². The predicted octanol–water partition coefficient (Wildman–Crippen LogP) is 2.18. The maximum absolute atomic E-state index is 2.39. The predicted molar refractivity (Wildman–Crippen MR) is 27.8 cm³/mol. The third-order valence-corrected chi connectivity index (χ3v) is 2.52. The summed E-state index contributed by atoms with van der Waals surface area (Å²) in [4.78, 5) is 0. The molecule has 0 unspecified atom stereocenters. The van der Waals surface area contributed by atoms with Gasteiger partial charge in [0.25, 0.3) is 0 Å². The van der Waals surface area contributed by atoms with Crippen molar-refractivity contribution in [2.45, 2.75) is 25.1 Å². The Balaban J connectivity index is 2.36. The average Bonchev–Trinajstić information content (AvgIpc) is 2.14. The van der Waals surface area contributed by atoms with Crippen molar-refractivity contribution in [3.63, 3.8) is 0 Å². The van der Waals surface area contributed by atoms with Gasteiger partial charge in [0, 0.05) is 0 Å². The van der Waals surface area contributed by atoms with Crippen molar-refractivity contribution in [2.75, 3.05) is 0 Å². The van der Waals surface area contributed by atoms with Crippen LogP contribution in [0.1, 0.15) is 19.3 Å². The average molecular weight is 137 g/mol. The second-order valence-corrected chi connectivity index (χ2v) is 3.08. The van der Waals surface area contributed by atoms with E-state index >= 15 is 0 Å². The van der Waals surface area contributed by atoms with Crippen molar-refractivity contribution in [3.8, 4) is 0 Å². The number of hydrogen-bond acceptors (Lipinski definition) is 0. The summed E-state index contributed by atoms with van der Waals surface area (Å²) in [5.74, 6) is 2.26. The molecule has 1 rings (SSSR count). The first-order chi connectivity index (χ1) is 3.43. The van der Waals surface area contributed by atoms with Crippen LogP contribution < -0.4 is 0 Å². The third-order valence-electron chi connectivity index (χ3n) is 1.23. The van der Waals surface area contributed by atoms with Gasteiger partial charge in [-0.1, -0.05) is 0 Å². The van der Waals surface area contributed by atoms with Crippen LogP contribution in [0.25, 0.3) is 0 Å². The van der Waals surface area contributed by atoms with Crippen LogP contribution in [0, 0.1) is 0 Å². The fraction of sp³-hybridized carbons (Fsp3) is 0.667. The Morgan fingerprint density at radius 3 is 2.86 bits per heavy atom. The molecule has 0 aromatic rings. The number of allylic oxidation sites excluding steroid dienone is 2. The van der Waals surface area contributed by atoms with Gasteiger partial charge in [0.15, 0.2) is 0 Å².